The van der Waals surface area contributed by atoms with Crippen LogP contribution in [0.5, 0.6) is 0 Å². The molecule has 3 heteroatoms. The zero-order chi connectivity index (χ0) is 12.1. The molecule has 90 valence electrons. The normalized spacial score (nSPS) is 10.7. The molecule has 0 bridgehead atoms. The van der Waals surface area contributed by atoms with Crippen molar-refractivity contribution < 1.29 is 0 Å². The molecule has 1 N–H and O–H groups in total. The van der Waals surface area contributed by atoms with Gasteiger partial charge in [-0.1, -0.05) is 31.2 Å². The molecule has 1 aromatic heterocycles. The van der Waals surface area contributed by atoms with Crippen molar-refractivity contribution in [2.75, 3.05) is 6.54 Å². The molecule has 0 saturated carbocycles. The quantitative estimate of drug-likeness (QED) is 0.854. The summed E-state index contributed by atoms with van der Waals surface area (Å²) >= 11 is 0. The summed E-state index contributed by atoms with van der Waals surface area (Å²) in [6.45, 7) is 7.03. The first-order chi connectivity index (χ1) is 8.35. The highest BCUT2D eigenvalue weighted by atomic mass is 15.3. The van der Waals surface area contributed by atoms with E-state index >= 15 is 0 Å². The molecule has 3 nitrogen and oxygen atoms in total. The van der Waals surface area contributed by atoms with Crippen molar-refractivity contribution in [3.63, 3.8) is 0 Å². The van der Waals surface area contributed by atoms with E-state index in [1.54, 1.807) is 0 Å². The zero-order valence-corrected chi connectivity index (χ0v) is 10.5. The summed E-state index contributed by atoms with van der Waals surface area (Å²) < 4.78 is 1.96. The van der Waals surface area contributed by atoms with Gasteiger partial charge in [0.15, 0.2) is 0 Å². The molecule has 0 aliphatic heterocycles. The van der Waals surface area contributed by atoms with Crippen molar-refractivity contribution in [2.45, 2.75) is 26.9 Å². The lowest BCUT2D eigenvalue weighted by Gasteiger charge is -2.07. The third kappa shape index (κ3) is 2.74. The Bertz CT molecular complexity index is 474. The van der Waals surface area contributed by atoms with Crippen LogP contribution in [0.2, 0.25) is 0 Å². The van der Waals surface area contributed by atoms with Crippen molar-refractivity contribution in [1.29, 1.82) is 0 Å². The summed E-state index contributed by atoms with van der Waals surface area (Å²) in [7, 11) is 0. The van der Waals surface area contributed by atoms with Gasteiger partial charge in [-0.25, -0.2) is 0 Å². The molecule has 0 fully saturated rings. The third-order valence-electron chi connectivity index (χ3n) is 2.85. The van der Waals surface area contributed by atoms with Gasteiger partial charge in [-0.3, -0.25) is 4.68 Å². The number of aromatic nitrogens is 2. The highest BCUT2D eigenvalue weighted by Gasteiger charge is 2.05. The fourth-order valence-corrected chi connectivity index (χ4v) is 1.89. The maximum absolute atomic E-state index is 4.33. The maximum Gasteiger partial charge on any atom is 0.0568 e. The van der Waals surface area contributed by atoms with Crippen LogP contribution in [0.4, 0.5) is 0 Å². The Labute approximate surface area is 102 Å². The van der Waals surface area contributed by atoms with Crippen LogP contribution in [-0.2, 0) is 13.1 Å². The van der Waals surface area contributed by atoms with E-state index in [9.17, 15) is 0 Å². The Kier molecular flexibility index (Phi) is 3.94. The first-order valence-corrected chi connectivity index (χ1v) is 6.16. The molecular weight excluding hydrogens is 210 g/mol. The molecule has 0 radical (unpaired) electrons. The average Bonchev–Trinajstić information content (AvgIpc) is 2.85. The first kappa shape index (κ1) is 11.9. The number of benzene rings is 1. The van der Waals surface area contributed by atoms with Crippen LogP contribution in [0.1, 0.15) is 19.4 Å². The van der Waals surface area contributed by atoms with Crippen LogP contribution in [0.25, 0.3) is 11.1 Å². The fourth-order valence-electron chi connectivity index (χ4n) is 1.89. The minimum Gasteiger partial charge on any atom is -0.313 e. The zero-order valence-electron chi connectivity index (χ0n) is 10.5. The van der Waals surface area contributed by atoms with E-state index < -0.39 is 0 Å². The molecule has 1 aromatic carbocycles. The van der Waals surface area contributed by atoms with Crippen LogP contribution in [0.15, 0.2) is 36.7 Å². The number of hydrogen-bond donors (Lipinski definition) is 1. The fraction of sp³-hybridized carbons (Fsp3) is 0.357. The van der Waals surface area contributed by atoms with Crippen molar-refractivity contribution in [3.05, 3.63) is 42.2 Å². The van der Waals surface area contributed by atoms with Gasteiger partial charge in [0.2, 0.25) is 0 Å². The second-order valence-electron chi connectivity index (χ2n) is 4.02. The van der Waals surface area contributed by atoms with E-state index in [-0.39, 0.29) is 0 Å². The molecule has 0 saturated heterocycles. The summed E-state index contributed by atoms with van der Waals surface area (Å²) in [6.07, 6.45) is 4.04. The van der Waals surface area contributed by atoms with Gasteiger partial charge >= 0.3 is 0 Å². The Hall–Kier alpha value is -1.61. The topological polar surface area (TPSA) is 29.9 Å². The van der Waals surface area contributed by atoms with Crippen molar-refractivity contribution in [3.8, 4) is 11.1 Å². The van der Waals surface area contributed by atoms with E-state index in [0.29, 0.717) is 0 Å². The molecule has 0 amide bonds. The van der Waals surface area contributed by atoms with Crippen molar-refractivity contribution in [2.24, 2.45) is 0 Å². The van der Waals surface area contributed by atoms with E-state index in [4.69, 9.17) is 0 Å². The highest BCUT2D eigenvalue weighted by molar-refractivity contribution is 5.65. The molecular formula is C14H19N3. The molecule has 2 aromatic rings. The van der Waals surface area contributed by atoms with Gasteiger partial charge in [0.05, 0.1) is 6.20 Å². The van der Waals surface area contributed by atoms with Gasteiger partial charge in [-0.2, -0.15) is 5.10 Å². The third-order valence-corrected chi connectivity index (χ3v) is 2.85. The van der Waals surface area contributed by atoms with Crippen LogP contribution < -0.4 is 5.32 Å². The second kappa shape index (κ2) is 5.64. The SMILES string of the molecule is CCNCc1ccccc1-c1cnn(CC)c1. The van der Waals surface area contributed by atoms with Gasteiger partial charge in [-0.15, -0.1) is 0 Å². The van der Waals surface area contributed by atoms with E-state index in [0.717, 1.165) is 19.6 Å². The van der Waals surface area contributed by atoms with Crippen molar-refractivity contribution in [1.82, 2.24) is 15.1 Å². The lowest BCUT2D eigenvalue weighted by molar-refractivity contribution is 0.660. The lowest BCUT2D eigenvalue weighted by atomic mass is 10.0. The number of nitrogens with one attached hydrogen (secondary N) is 1. The highest BCUT2D eigenvalue weighted by Crippen LogP contribution is 2.22. The number of hydrogen-bond acceptors (Lipinski definition) is 2. The van der Waals surface area contributed by atoms with Crippen LogP contribution in [0.3, 0.4) is 0 Å². The Morgan fingerprint density at radius 3 is 2.76 bits per heavy atom. The Morgan fingerprint density at radius 2 is 2.06 bits per heavy atom. The largest absolute Gasteiger partial charge is 0.313 e. The molecule has 0 aliphatic rings. The molecule has 17 heavy (non-hydrogen) atoms. The summed E-state index contributed by atoms with van der Waals surface area (Å²) in [5.41, 5.74) is 3.79. The van der Waals surface area contributed by atoms with Gasteiger partial charge in [0.1, 0.15) is 0 Å². The van der Waals surface area contributed by atoms with Gasteiger partial charge in [-0.05, 0) is 24.6 Å². The Morgan fingerprint density at radius 1 is 1.24 bits per heavy atom. The summed E-state index contributed by atoms with van der Waals surface area (Å²) in [5.74, 6) is 0. The summed E-state index contributed by atoms with van der Waals surface area (Å²) in [6, 6.07) is 8.49. The van der Waals surface area contributed by atoms with Crippen LogP contribution in [-0.4, -0.2) is 16.3 Å². The molecule has 2 rings (SSSR count). The van der Waals surface area contributed by atoms with Gasteiger partial charge in [0.25, 0.3) is 0 Å². The van der Waals surface area contributed by atoms with E-state index in [1.165, 1.54) is 16.7 Å². The van der Waals surface area contributed by atoms with Gasteiger partial charge in [0, 0.05) is 24.8 Å². The maximum atomic E-state index is 4.33. The first-order valence-electron chi connectivity index (χ1n) is 6.16. The van der Waals surface area contributed by atoms with Gasteiger partial charge < -0.3 is 5.32 Å². The number of aryl methyl sites for hydroxylation is 1. The monoisotopic (exact) mass is 229 g/mol. The standard InChI is InChI=1S/C14H19N3/c1-3-15-9-12-7-5-6-8-14(12)13-10-16-17(4-2)11-13/h5-8,10-11,15H,3-4,9H2,1-2H3. The second-order valence-corrected chi connectivity index (χ2v) is 4.02. The predicted octanol–water partition coefficient (Wildman–Crippen LogP) is 2.68. The summed E-state index contributed by atoms with van der Waals surface area (Å²) in [4.78, 5) is 0. The van der Waals surface area contributed by atoms with E-state index in [1.807, 2.05) is 10.9 Å². The van der Waals surface area contributed by atoms with Crippen LogP contribution >= 0.6 is 0 Å². The molecule has 1 heterocycles. The number of nitrogens with zero attached hydrogens (tertiary/aromatic N) is 2. The minimum absolute atomic E-state index is 0.907. The molecule has 0 atom stereocenters. The average molecular weight is 229 g/mol. The summed E-state index contributed by atoms with van der Waals surface area (Å²) in [5, 5.41) is 7.70. The van der Waals surface area contributed by atoms with E-state index in [2.05, 4.69) is 54.7 Å². The molecule has 0 aliphatic carbocycles. The smallest absolute Gasteiger partial charge is 0.0568 e. The minimum atomic E-state index is 0.907. The molecule has 0 spiro atoms. The predicted molar refractivity (Wildman–Crippen MR) is 70.7 cm³/mol. The molecule has 0 unspecified atom stereocenters. The van der Waals surface area contributed by atoms with Crippen LogP contribution in [0, 0.1) is 0 Å². The lowest BCUT2D eigenvalue weighted by Crippen LogP contribution is -2.12. The number of rotatable bonds is 5. The van der Waals surface area contributed by atoms with Crippen molar-refractivity contribution >= 4 is 0 Å². The Balaban J connectivity index is 2.30.